The van der Waals surface area contributed by atoms with Crippen LogP contribution in [0.3, 0.4) is 0 Å². The molecule has 1 aliphatic heterocycles. The highest BCUT2D eigenvalue weighted by molar-refractivity contribution is 5.99. The van der Waals surface area contributed by atoms with Crippen LogP contribution in [0.25, 0.3) is 0 Å². The lowest BCUT2D eigenvalue weighted by atomic mass is 9.91. The van der Waals surface area contributed by atoms with E-state index in [2.05, 4.69) is 21.3 Å². The van der Waals surface area contributed by atoms with E-state index in [0.717, 1.165) is 9.80 Å². The molecule has 0 aromatic rings. The Morgan fingerprint density at radius 3 is 1.33 bits per heavy atom. The van der Waals surface area contributed by atoms with Crippen molar-refractivity contribution in [3.8, 4) is 0 Å². The molecule has 0 aliphatic carbocycles. The smallest absolute Gasteiger partial charge is 0.246 e. The summed E-state index contributed by atoms with van der Waals surface area (Å²) >= 11 is 0. The Balaban J connectivity index is 4.37. The first-order valence-corrected chi connectivity index (χ1v) is 31.6. The maximum Gasteiger partial charge on any atom is 0.246 e. The number of nitrogens with one attached hydrogen (secondary N) is 4. The maximum atomic E-state index is 15.2. The summed E-state index contributed by atoms with van der Waals surface area (Å²) in [6.07, 6.45) is 4.42. The van der Waals surface area contributed by atoms with Gasteiger partial charge in [-0.2, -0.15) is 0 Å². The Bertz CT molecular complexity index is 2360. The Hall–Kier alpha value is -6.13. The van der Waals surface area contributed by atoms with Crippen molar-refractivity contribution in [3.63, 3.8) is 0 Å². The second kappa shape index (κ2) is 36.4. The highest BCUT2D eigenvalue weighted by atomic mass is 16.3. The van der Waals surface area contributed by atoms with Gasteiger partial charge in [-0.25, -0.2) is 0 Å². The SMILES string of the molecule is CC/C=C/C[C@@H](C)[C@@H](O)[C@H]1C(=O)N[C@@H](CCC)C(=O)N(C)CC(=O)N(C)[C@H](CC(C)C)C(=O)N[C@H](C(C)C)C(=O)N(C)[C@H](CC(C)C)C(=O)N[C@@H](C)C(=O)N[C@H](C)C(=O)N(C)[C@@H](CC(C)C)C(=O)N(C)[C@@H](CC(C)C)C(=O)N(C)[C@@H](C(C)C)C(=O)N1C. The quantitative estimate of drug-likeness (QED) is 0.129. The van der Waals surface area contributed by atoms with E-state index in [0.29, 0.717) is 19.3 Å². The van der Waals surface area contributed by atoms with Crippen molar-refractivity contribution in [2.75, 3.05) is 55.9 Å². The lowest BCUT2D eigenvalue weighted by Gasteiger charge is -2.41. The van der Waals surface area contributed by atoms with Crippen molar-refractivity contribution in [1.29, 1.82) is 0 Å². The second-order valence-electron chi connectivity index (χ2n) is 26.8. The molecule has 1 aliphatic rings. The molecule has 1 rings (SSSR count). The van der Waals surface area contributed by atoms with Gasteiger partial charge in [0.2, 0.25) is 65.0 Å². The van der Waals surface area contributed by atoms with Gasteiger partial charge in [0.1, 0.15) is 60.4 Å². The molecule has 0 aromatic heterocycles. The van der Waals surface area contributed by atoms with E-state index < -0.39 is 156 Å². The highest BCUT2D eigenvalue weighted by Gasteiger charge is 2.46. The fourth-order valence-electron chi connectivity index (χ4n) is 11.0. The van der Waals surface area contributed by atoms with Gasteiger partial charge in [-0.05, 0) is 100 Å². The summed E-state index contributed by atoms with van der Waals surface area (Å²) in [4.78, 5) is 169. The fraction of sp³-hybridized carbons (Fsp3) is 0.797. The van der Waals surface area contributed by atoms with Gasteiger partial charge in [0.15, 0.2) is 0 Å². The topological polar surface area (TPSA) is 279 Å². The van der Waals surface area contributed by atoms with Crippen LogP contribution in [-0.2, 0) is 52.7 Å². The van der Waals surface area contributed by atoms with Gasteiger partial charge in [-0.3, -0.25) is 52.7 Å². The Kier molecular flexibility index (Phi) is 33.0. The van der Waals surface area contributed by atoms with Crippen molar-refractivity contribution < 1.29 is 57.8 Å². The molecule has 23 heteroatoms. The molecule has 0 radical (unpaired) electrons. The zero-order chi connectivity index (χ0) is 67.4. The van der Waals surface area contributed by atoms with Crippen molar-refractivity contribution >= 4 is 65.0 Å². The summed E-state index contributed by atoms with van der Waals surface area (Å²) in [7, 11) is 9.97. The minimum atomic E-state index is -1.61. The van der Waals surface area contributed by atoms with Crippen molar-refractivity contribution in [2.24, 2.45) is 41.4 Å². The summed E-state index contributed by atoms with van der Waals surface area (Å²) in [6, 6.07) is -12.3. The van der Waals surface area contributed by atoms with Crippen molar-refractivity contribution in [2.45, 2.75) is 236 Å². The van der Waals surface area contributed by atoms with Crippen molar-refractivity contribution in [3.05, 3.63) is 12.2 Å². The summed E-state index contributed by atoms with van der Waals surface area (Å²) < 4.78 is 0. The molecule has 0 bridgehead atoms. The monoisotopic (exact) mass is 1230 g/mol. The Labute approximate surface area is 521 Å². The largest absolute Gasteiger partial charge is 0.390 e. The van der Waals surface area contributed by atoms with Crippen LogP contribution in [-0.4, -0.2) is 227 Å². The van der Waals surface area contributed by atoms with Gasteiger partial charge >= 0.3 is 0 Å². The third kappa shape index (κ3) is 22.8. The van der Waals surface area contributed by atoms with Crippen LogP contribution in [0.4, 0.5) is 0 Å². The molecule has 0 aromatic carbocycles. The molecule has 0 unspecified atom stereocenters. The van der Waals surface area contributed by atoms with Crippen LogP contribution in [0.5, 0.6) is 0 Å². The Morgan fingerprint density at radius 2 is 0.874 bits per heavy atom. The molecule has 11 amide bonds. The average molecular weight is 1230 g/mol. The number of allylic oxidation sites excluding steroid dienone is 2. The molecule has 498 valence electrons. The van der Waals surface area contributed by atoms with Gasteiger partial charge in [-0.1, -0.05) is 122 Å². The number of likely N-dealkylation sites (N-methyl/N-ethyl adjacent to an activating group) is 7. The molecule has 87 heavy (non-hydrogen) atoms. The fourth-order valence-corrected chi connectivity index (χ4v) is 11.0. The molecule has 5 N–H and O–H groups in total. The number of rotatable bonds is 17. The normalized spacial score (nSPS) is 26.6. The number of carbonyl (C=O) groups excluding carboxylic acids is 11. The average Bonchev–Trinajstić information content (AvgIpc) is 2.63. The van der Waals surface area contributed by atoms with Gasteiger partial charge in [0.25, 0.3) is 0 Å². The van der Waals surface area contributed by atoms with Crippen LogP contribution in [0, 0.1) is 41.4 Å². The number of hydrogen-bond donors (Lipinski definition) is 5. The van der Waals surface area contributed by atoms with E-state index in [1.165, 1.54) is 87.7 Å². The van der Waals surface area contributed by atoms with Crippen LogP contribution < -0.4 is 21.3 Å². The molecular weight excluding hydrogens is 1110 g/mol. The van der Waals surface area contributed by atoms with E-state index in [4.69, 9.17) is 0 Å². The zero-order valence-electron chi connectivity index (χ0n) is 57.5. The summed E-state index contributed by atoms with van der Waals surface area (Å²) in [5, 5.41) is 23.3. The first kappa shape index (κ1) is 78.9. The molecule has 23 nitrogen and oxygen atoms in total. The van der Waals surface area contributed by atoms with E-state index in [9.17, 15) is 48.3 Å². The van der Waals surface area contributed by atoms with E-state index in [-0.39, 0.29) is 55.8 Å². The lowest BCUT2D eigenvalue weighted by molar-refractivity contribution is -0.157. The van der Waals surface area contributed by atoms with E-state index >= 15 is 9.59 Å². The van der Waals surface area contributed by atoms with Crippen LogP contribution in [0.15, 0.2) is 12.2 Å². The standard InChI is InChI=1S/C64H115N11O12/c1-25-27-28-30-42(15)54(77)53-58(81)67-45(29-26-2)60(83)69(18)35-50(76)70(19)46(31-36(3)4)57(80)68-51(40(11)12)63(86)71(20)47(32-37(5)6)56(79)65-43(16)55(78)66-44(17)59(82)72(21)48(33-38(7)8)61(84)73(22)49(34-39(9)10)62(85)74(23)52(41(13)14)64(87)75(53)24/h27-28,36-49,51-54,77H,25-26,29-35H2,1-24H3,(H,65,79)(H,66,78)(H,67,81)(H,68,80)/b28-27+/t42-,43+,44-,45+,46-,47-,48+,49+,51-,52+,53+,54-/m1/s1. The zero-order valence-corrected chi connectivity index (χ0v) is 57.5. The minimum absolute atomic E-state index is 0.0930. The molecule has 1 heterocycles. The number of carbonyl (C=O) groups is 11. The summed E-state index contributed by atoms with van der Waals surface area (Å²) in [5.41, 5.74) is 0. The second-order valence-corrected chi connectivity index (χ2v) is 26.8. The predicted octanol–water partition coefficient (Wildman–Crippen LogP) is 4.05. The molecule has 0 spiro atoms. The number of nitrogens with zero attached hydrogens (tertiary/aromatic N) is 7. The minimum Gasteiger partial charge on any atom is -0.390 e. The van der Waals surface area contributed by atoms with Crippen LogP contribution in [0.2, 0.25) is 0 Å². The predicted molar refractivity (Wildman–Crippen MR) is 338 cm³/mol. The number of aliphatic hydroxyl groups is 1. The van der Waals surface area contributed by atoms with E-state index in [1.807, 2.05) is 74.5 Å². The number of amides is 11. The molecule has 1 saturated heterocycles. The maximum absolute atomic E-state index is 15.2. The first-order chi connectivity index (χ1) is 40.2. The molecule has 1 fully saturated rings. The van der Waals surface area contributed by atoms with Gasteiger partial charge < -0.3 is 60.7 Å². The third-order valence-corrected chi connectivity index (χ3v) is 16.4. The van der Waals surface area contributed by atoms with Crippen molar-refractivity contribution in [1.82, 2.24) is 55.6 Å². The third-order valence-electron chi connectivity index (χ3n) is 16.4. The number of hydrogen-bond acceptors (Lipinski definition) is 12. The summed E-state index contributed by atoms with van der Waals surface area (Å²) in [6.45, 7) is 29.7. The molecular formula is C64H115N11O12. The van der Waals surface area contributed by atoms with E-state index in [1.54, 1.807) is 41.5 Å². The van der Waals surface area contributed by atoms with Gasteiger partial charge in [-0.15, -0.1) is 0 Å². The van der Waals surface area contributed by atoms with Gasteiger partial charge in [0, 0.05) is 49.3 Å². The van der Waals surface area contributed by atoms with Crippen LogP contribution >= 0.6 is 0 Å². The van der Waals surface area contributed by atoms with Crippen LogP contribution in [0.1, 0.15) is 169 Å². The summed E-state index contributed by atoms with van der Waals surface area (Å²) in [5.74, 6) is -9.65. The molecule has 0 saturated carbocycles. The lowest BCUT2D eigenvalue weighted by Crippen LogP contribution is -2.63. The molecule has 12 atom stereocenters. The highest BCUT2D eigenvalue weighted by Crippen LogP contribution is 2.26. The van der Waals surface area contributed by atoms with Gasteiger partial charge in [0.05, 0.1) is 12.6 Å². The first-order valence-electron chi connectivity index (χ1n) is 31.6. The Morgan fingerprint density at radius 1 is 0.448 bits per heavy atom. The number of aliphatic hydroxyl groups excluding tert-OH is 1.